The van der Waals surface area contributed by atoms with Crippen LogP contribution < -0.4 is 19.7 Å². The zero-order chi connectivity index (χ0) is 22.3. The summed E-state index contributed by atoms with van der Waals surface area (Å²) in [5.41, 5.74) is 4.17. The van der Waals surface area contributed by atoms with Crippen LogP contribution >= 0.6 is 27.5 Å². The summed E-state index contributed by atoms with van der Waals surface area (Å²) >= 11 is 10.2. The first-order valence-electron chi connectivity index (χ1n) is 10.5. The average molecular weight is 518 g/mol. The van der Waals surface area contributed by atoms with E-state index in [0.717, 1.165) is 58.3 Å². The Morgan fingerprint density at radius 3 is 2.53 bits per heavy atom. The van der Waals surface area contributed by atoms with Crippen LogP contribution in [-0.2, 0) is 17.9 Å². The van der Waals surface area contributed by atoms with Gasteiger partial charge in [0, 0.05) is 29.8 Å². The number of hydrogen-bond donors (Lipinski definition) is 1. The maximum absolute atomic E-state index is 6.56. The van der Waals surface area contributed by atoms with E-state index in [9.17, 15) is 0 Å². The number of ether oxygens (including phenoxy) is 3. The van der Waals surface area contributed by atoms with Crippen molar-refractivity contribution >= 4 is 38.9 Å². The summed E-state index contributed by atoms with van der Waals surface area (Å²) in [5.74, 6) is 1.39. The smallest absolute Gasteiger partial charge is 0.162 e. The molecule has 1 N–H and O–H groups in total. The molecule has 1 aliphatic rings. The van der Waals surface area contributed by atoms with Crippen LogP contribution in [0.4, 0.5) is 11.4 Å². The normalized spacial score (nSPS) is 13.7. The predicted molar refractivity (Wildman–Crippen MR) is 133 cm³/mol. The fourth-order valence-electron chi connectivity index (χ4n) is 3.60. The van der Waals surface area contributed by atoms with Gasteiger partial charge >= 0.3 is 0 Å². The van der Waals surface area contributed by atoms with Crippen molar-refractivity contribution in [2.45, 2.75) is 13.2 Å². The summed E-state index contributed by atoms with van der Waals surface area (Å²) in [7, 11) is 1.65. The fourth-order valence-corrected chi connectivity index (χ4v) is 4.36. The Labute approximate surface area is 202 Å². The number of nitrogens with zero attached hydrogens (tertiary/aromatic N) is 1. The SMILES string of the molecule is COc1cc(CNc2ccc(N3CCOCC3)c(Cl)c2)c(Br)cc1OCc1ccccc1. The van der Waals surface area contributed by atoms with Crippen molar-refractivity contribution in [3.8, 4) is 11.5 Å². The molecule has 1 aliphatic heterocycles. The molecule has 0 unspecified atom stereocenters. The molecule has 0 radical (unpaired) electrons. The Morgan fingerprint density at radius 1 is 1.03 bits per heavy atom. The molecule has 0 bridgehead atoms. The van der Waals surface area contributed by atoms with Gasteiger partial charge in [0.2, 0.25) is 0 Å². The lowest BCUT2D eigenvalue weighted by Crippen LogP contribution is -2.36. The summed E-state index contributed by atoms with van der Waals surface area (Å²) in [6.07, 6.45) is 0. The van der Waals surface area contributed by atoms with Gasteiger partial charge in [0.15, 0.2) is 11.5 Å². The lowest BCUT2D eigenvalue weighted by molar-refractivity contribution is 0.122. The molecular formula is C25H26BrClN2O3. The summed E-state index contributed by atoms with van der Waals surface area (Å²) in [6.45, 7) is 4.28. The molecule has 5 nitrogen and oxygen atoms in total. The topological polar surface area (TPSA) is 43.0 Å². The number of benzene rings is 3. The van der Waals surface area contributed by atoms with E-state index in [-0.39, 0.29) is 0 Å². The molecule has 0 aliphatic carbocycles. The second-order valence-corrected chi connectivity index (χ2v) is 8.75. The van der Waals surface area contributed by atoms with Crippen LogP contribution in [0, 0.1) is 0 Å². The summed E-state index contributed by atoms with van der Waals surface area (Å²) < 4.78 is 17.9. The summed E-state index contributed by atoms with van der Waals surface area (Å²) in [4.78, 5) is 2.26. The Morgan fingerprint density at radius 2 is 1.81 bits per heavy atom. The van der Waals surface area contributed by atoms with E-state index in [1.165, 1.54) is 0 Å². The molecule has 7 heteroatoms. The first kappa shape index (κ1) is 22.8. The third-order valence-electron chi connectivity index (χ3n) is 5.35. The van der Waals surface area contributed by atoms with Crippen LogP contribution in [0.2, 0.25) is 5.02 Å². The number of morpholine rings is 1. The van der Waals surface area contributed by atoms with E-state index < -0.39 is 0 Å². The van der Waals surface area contributed by atoms with Gasteiger partial charge in [-0.15, -0.1) is 0 Å². The van der Waals surface area contributed by atoms with Crippen LogP contribution in [0.15, 0.2) is 65.1 Å². The lowest BCUT2D eigenvalue weighted by Gasteiger charge is -2.29. The highest BCUT2D eigenvalue weighted by Crippen LogP contribution is 2.35. The van der Waals surface area contributed by atoms with E-state index in [4.69, 9.17) is 25.8 Å². The molecule has 0 atom stereocenters. The number of halogens is 2. The Kier molecular flexibility index (Phi) is 7.79. The molecule has 0 saturated carbocycles. The summed E-state index contributed by atoms with van der Waals surface area (Å²) in [6, 6.07) is 20.1. The van der Waals surface area contributed by atoms with Crippen molar-refractivity contribution in [2.24, 2.45) is 0 Å². The zero-order valence-corrected chi connectivity index (χ0v) is 20.3. The van der Waals surface area contributed by atoms with Gasteiger partial charge in [0.05, 0.1) is 31.0 Å². The first-order valence-corrected chi connectivity index (χ1v) is 11.7. The third kappa shape index (κ3) is 5.68. The van der Waals surface area contributed by atoms with Crippen LogP contribution in [0.5, 0.6) is 11.5 Å². The maximum Gasteiger partial charge on any atom is 0.162 e. The minimum absolute atomic E-state index is 0.481. The monoisotopic (exact) mass is 516 g/mol. The molecule has 3 aromatic rings. The van der Waals surface area contributed by atoms with Crippen molar-refractivity contribution in [1.29, 1.82) is 0 Å². The van der Waals surface area contributed by atoms with Gasteiger partial charge in [-0.2, -0.15) is 0 Å². The van der Waals surface area contributed by atoms with Gasteiger partial charge in [-0.3, -0.25) is 0 Å². The highest BCUT2D eigenvalue weighted by molar-refractivity contribution is 9.10. The molecule has 0 spiro atoms. The highest BCUT2D eigenvalue weighted by atomic mass is 79.9. The molecule has 1 fully saturated rings. The number of hydrogen-bond acceptors (Lipinski definition) is 5. The molecule has 0 aromatic heterocycles. The first-order chi connectivity index (χ1) is 15.6. The molecule has 32 heavy (non-hydrogen) atoms. The van der Waals surface area contributed by atoms with E-state index in [1.54, 1.807) is 7.11 Å². The van der Waals surface area contributed by atoms with E-state index in [1.807, 2.05) is 48.5 Å². The largest absolute Gasteiger partial charge is 0.493 e. The predicted octanol–water partition coefficient (Wildman–Crippen LogP) is 6.14. The Hall–Kier alpha value is -2.41. The Balaban J connectivity index is 1.42. The molecule has 1 saturated heterocycles. The van der Waals surface area contributed by atoms with Crippen LogP contribution in [0.1, 0.15) is 11.1 Å². The fraction of sp³-hybridized carbons (Fsp3) is 0.280. The van der Waals surface area contributed by atoms with E-state index in [0.29, 0.717) is 24.7 Å². The number of anilines is 2. The second-order valence-electron chi connectivity index (χ2n) is 7.49. The third-order valence-corrected chi connectivity index (χ3v) is 6.39. The van der Waals surface area contributed by atoms with Gasteiger partial charge in [-0.05, 0) is 41.5 Å². The quantitative estimate of drug-likeness (QED) is 0.389. The van der Waals surface area contributed by atoms with Gasteiger partial charge < -0.3 is 24.4 Å². The molecule has 168 valence electrons. The zero-order valence-electron chi connectivity index (χ0n) is 17.9. The number of methoxy groups -OCH3 is 1. The maximum atomic E-state index is 6.56. The molecule has 1 heterocycles. The van der Waals surface area contributed by atoms with Crippen molar-refractivity contribution in [2.75, 3.05) is 43.6 Å². The van der Waals surface area contributed by atoms with Gasteiger partial charge in [-0.1, -0.05) is 57.9 Å². The minimum Gasteiger partial charge on any atom is -0.493 e. The van der Waals surface area contributed by atoms with Crippen molar-refractivity contribution in [3.63, 3.8) is 0 Å². The second kappa shape index (κ2) is 10.9. The van der Waals surface area contributed by atoms with Gasteiger partial charge in [0.25, 0.3) is 0 Å². The molecular weight excluding hydrogens is 492 g/mol. The van der Waals surface area contributed by atoms with Crippen LogP contribution in [0.3, 0.4) is 0 Å². The minimum atomic E-state index is 0.481. The van der Waals surface area contributed by atoms with E-state index >= 15 is 0 Å². The summed E-state index contributed by atoms with van der Waals surface area (Å²) in [5, 5.41) is 4.18. The van der Waals surface area contributed by atoms with E-state index in [2.05, 4.69) is 38.3 Å². The van der Waals surface area contributed by atoms with Crippen molar-refractivity contribution < 1.29 is 14.2 Å². The Bertz CT molecular complexity index is 1040. The van der Waals surface area contributed by atoms with Crippen molar-refractivity contribution in [3.05, 3.63) is 81.3 Å². The molecule has 4 rings (SSSR count). The molecule has 3 aromatic carbocycles. The van der Waals surface area contributed by atoms with Gasteiger partial charge in [-0.25, -0.2) is 0 Å². The molecule has 0 amide bonds. The van der Waals surface area contributed by atoms with Crippen LogP contribution in [-0.4, -0.2) is 33.4 Å². The number of rotatable bonds is 8. The lowest BCUT2D eigenvalue weighted by atomic mass is 10.2. The van der Waals surface area contributed by atoms with Gasteiger partial charge in [0.1, 0.15) is 6.61 Å². The van der Waals surface area contributed by atoms with Crippen LogP contribution in [0.25, 0.3) is 0 Å². The number of nitrogens with one attached hydrogen (secondary N) is 1. The van der Waals surface area contributed by atoms with Crippen molar-refractivity contribution in [1.82, 2.24) is 0 Å². The average Bonchev–Trinajstić information content (AvgIpc) is 2.83. The standard InChI is InChI=1S/C25H26BrClN2O3/c1-30-24-13-19(21(26)15-25(24)32-17-18-5-3-2-4-6-18)16-28-20-7-8-23(22(27)14-20)29-9-11-31-12-10-29/h2-8,13-15,28H,9-12,16-17H2,1H3. The highest BCUT2D eigenvalue weighted by Gasteiger charge is 2.15.